The Morgan fingerprint density at radius 3 is 2.39 bits per heavy atom. The molecule has 0 aliphatic heterocycles. The molecule has 0 heterocycles. The van der Waals surface area contributed by atoms with Crippen molar-refractivity contribution in [1.82, 2.24) is 5.32 Å². The maximum absolute atomic E-state index is 11.6. The van der Waals surface area contributed by atoms with Crippen LogP contribution in [0.5, 0.6) is 0 Å². The largest absolute Gasteiger partial charge is 0.480 e. The summed E-state index contributed by atoms with van der Waals surface area (Å²) in [6, 6.07) is -0.855. The van der Waals surface area contributed by atoms with E-state index in [0.29, 0.717) is 13.0 Å². The zero-order chi connectivity index (χ0) is 14.2. The van der Waals surface area contributed by atoms with Crippen LogP contribution >= 0.6 is 0 Å². The highest BCUT2D eigenvalue weighted by Gasteiger charge is 2.19. The maximum atomic E-state index is 11.6. The first-order valence-corrected chi connectivity index (χ1v) is 6.27. The number of carboxylic acids is 1. The lowest BCUT2D eigenvalue weighted by Crippen LogP contribution is -2.41. The van der Waals surface area contributed by atoms with E-state index in [1.54, 1.807) is 0 Å². The molecule has 5 nitrogen and oxygen atoms in total. The Hall–Kier alpha value is -1.10. The average molecular weight is 259 g/mol. The van der Waals surface area contributed by atoms with E-state index >= 15 is 0 Å². The van der Waals surface area contributed by atoms with Crippen LogP contribution in [0.4, 0.5) is 0 Å². The van der Waals surface area contributed by atoms with Gasteiger partial charge in [0.15, 0.2) is 0 Å². The third-order valence-electron chi connectivity index (χ3n) is 2.57. The Kier molecular flexibility index (Phi) is 7.59. The van der Waals surface area contributed by atoms with E-state index in [9.17, 15) is 9.59 Å². The number of ether oxygens (including phenoxy) is 1. The van der Waals surface area contributed by atoms with Gasteiger partial charge in [-0.15, -0.1) is 0 Å². The summed E-state index contributed by atoms with van der Waals surface area (Å²) in [6.07, 6.45) is 2.37. The van der Waals surface area contributed by atoms with Crippen LogP contribution in [0.15, 0.2) is 0 Å². The smallest absolute Gasteiger partial charge is 0.326 e. The minimum atomic E-state index is -1.02. The van der Waals surface area contributed by atoms with E-state index in [1.807, 2.05) is 0 Å². The van der Waals surface area contributed by atoms with Crippen LogP contribution in [0.25, 0.3) is 0 Å². The first-order valence-electron chi connectivity index (χ1n) is 6.27. The highest BCUT2D eigenvalue weighted by Crippen LogP contribution is 2.21. The molecule has 1 atom stereocenters. The molecule has 0 bridgehead atoms. The van der Waals surface area contributed by atoms with Crippen molar-refractivity contribution in [3.05, 3.63) is 0 Å². The van der Waals surface area contributed by atoms with Crippen molar-refractivity contribution in [2.24, 2.45) is 5.41 Å². The Morgan fingerprint density at radius 1 is 1.33 bits per heavy atom. The molecule has 2 N–H and O–H groups in total. The summed E-state index contributed by atoms with van der Waals surface area (Å²) >= 11 is 0. The number of methoxy groups -OCH3 is 1. The van der Waals surface area contributed by atoms with Gasteiger partial charge in [0.1, 0.15) is 6.04 Å². The quantitative estimate of drug-likeness (QED) is 0.697. The van der Waals surface area contributed by atoms with Gasteiger partial charge in [-0.1, -0.05) is 20.8 Å². The minimum absolute atomic E-state index is 0.197. The van der Waals surface area contributed by atoms with Crippen molar-refractivity contribution < 1.29 is 19.4 Å². The molecule has 0 aromatic carbocycles. The Labute approximate surface area is 109 Å². The van der Waals surface area contributed by atoms with Crippen molar-refractivity contribution >= 4 is 11.9 Å². The highest BCUT2D eigenvalue weighted by atomic mass is 16.5. The highest BCUT2D eigenvalue weighted by molar-refractivity contribution is 5.83. The number of hydrogen-bond acceptors (Lipinski definition) is 3. The van der Waals surface area contributed by atoms with Crippen molar-refractivity contribution in [3.63, 3.8) is 0 Å². The molecule has 0 aromatic heterocycles. The zero-order valence-corrected chi connectivity index (χ0v) is 11.8. The molecule has 0 spiro atoms. The molecule has 0 rings (SSSR count). The first kappa shape index (κ1) is 16.9. The van der Waals surface area contributed by atoms with Crippen LogP contribution in [-0.4, -0.2) is 36.7 Å². The molecule has 0 aromatic rings. The Morgan fingerprint density at radius 2 is 1.94 bits per heavy atom. The Balaban J connectivity index is 3.99. The molecule has 0 aliphatic carbocycles. The van der Waals surface area contributed by atoms with Crippen molar-refractivity contribution in [2.45, 2.75) is 52.5 Å². The van der Waals surface area contributed by atoms with Gasteiger partial charge in [-0.05, 0) is 18.3 Å². The van der Waals surface area contributed by atoms with Crippen molar-refractivity contribution in [2.75, 3.05) is 13.7 Å². The third kappa shape index (κ3) is 8.98. The van der Waals surface area contributed by atoms with Gasteiger partial charge in [0, 0.05) is 26.6 Å². The number of amides is 1. The average Bonchev–Trinajstić information content (AvgIpc) is 2.21. The lowest BCUT2D eigenvalue weighted by Gasteiger charge is -2.18. The van der Waals surface area contributed by atoms with E-state index in [0.717, 1.165) is 12.8 Å². The summed E-state index contributed by atoms with van der Waals surface area (Å²) in [6.45, 7) is 6.66. The normalized spacial score (nSPS) is 13.1. The number of nitrogens with one attached hydrogen (secondary N) is 1. The van der Waals surface area contributed by atoms with E-state index in [4.69, 9.17) is 9.84 Å². The van der Waals surface area contributed by atoms with Crippen LogP contribution < -0.4 is 5.32 Å². The first-order chi connectivity index (χ1) is 8.26. The standard InChI is InChI=1S/C13H25NO4/c1-13(2,3)8-5-6-11(15)14-10(12(16)17)7-9-18-4/h10H,5-9H2,1-4H3,(H,14,15)(H,16,17). The van der Waals surface area contributed by atoms with Crippen molar-refractivity contribution in [3.8, 4) is 0 Å². The number of hydrogen-bond donors (Lipinski definition) is 2. The van der Waals surface area contributed by atoms with Crippen LogP contribution in [0.1, 0.15) is 46.5 Å². The number of carboxylic acid groups (broad SMARTS) is 1. The fourth-order valence-corrected chi connectivity index (χ4v) is 1.54. The summed E-state index contributed by atoms with van der Waals surface area (Å²) < 4.78 is 4.82. The van der Waals surface area contributed by atoms with Crippen molar-refractivity contribution in [1.29, 1.82) is 0 Å². The van der Waals surface area contributed by atoms with E-state index in [1.165, 1.54) is 7.11 Å². The van der Waals surface area contributed by atoms with Gasteiger partial charge in [-0.25, -0.2) is 4.79 Å². The van der Waals surface area contributed by atoms with Gasteiger partial charge >= 0.3 is 5.97 Å². The lowest BCUT2D eigenvalue weighted by atomic mass is 9.90. The third-order valence-corrected chi connectivity index (χ3v) is 2.57. The van der Waals surface area contributed by atoms with Gasteiger partial charge in [0.05, 0.1) is 0 Å². The second kappa shape index (κ2) is 8.08. The van der Waals surface area contributed by atoms with E-state index in [2.05, 4.69) is 26.1 Å². The molecule has 0 radical (unpaired) electrons. The molecule has 0 saturated carbocycles. The predicted molar refractivity (Wildman–Crippen MR) is 69.4 cm³/mol. The fraction of sp³-hybridized carbons (Fsp3) is 0.846. The predicted octanol–water partition coefficient (Wildman–Crippen LogP) is 1.81. The van der Waals surface area contributed by atoms with Crippen LogP contribution in [0, 0.1) is 5.41 Å². The van der Waals surface area contributed by atoms with Gasteiger partial charge in [0.2, 0.25) is 5.91 Å². The topological polar surface area (TPSA) is 75.6 Å². The number of aliphatic carboxylic acids is 1. The molecule has 106 valence electrons. The van der Waals surface area contributed by atoms with Gasteiger partial charge < -0.3 is 15.2 Å². The molecular weight excluding hydrogens is 234 g/mol. The molecule has 1 unspecified atom stereocenters. The maximum Gasteiger partial charge on any atom is 0.326 e. The van der Waals surface area contributed by atoms with Crippen LogP contribution in [-0.2, 0) is 14.3 Å². The minimum Gasteiger partial charge on any atom is -0.480 e. The molecule has 0 aliphatic rings. The summed E-state index contributed by atoms with van der Waals surface area (Å²) in [5, 5.41) is 11.5. The summed E-state index contributed by atoms with van der Waals surface area (Å²) in [7, 11) is 1.50. The number of rotatable bonds is 8. The number of carbonyl (C=O) groups excluding carboxylic acids is 1. The Bertz CT molecular complexity index is 271. The molecule has 0 saturated heterocycles. The van der Waals surface area contributed by atoms with Crippen LogP contribution in [0.2, 0.25) is 0 Å². The number of carbonyl (C=O) groups is 2. The second-order valence-corrected chi connectivity index (χ2v) is 5.65. The molecule has 0 fully saturated rings. The molecule has 18 heavy (non-hydrogen) atoms. The summed E-state index contributed by atoms with van der Waals surface area (Å²) in [5.41, 5.74) is 0.197. The summed E-state index contributed by atoms with van der Waals surface area (Å²) in [5.74, 6) is -1.22. The van der Waals surface area contributed by atoms with Gasteiger partial charge in [-0.3, -0.25) is 4.79 Å². The van der Waals surface area contributed by atoms with E-state index in [-0.39, 0.29) is 17.7 Å². The lowest BCUT2D eigenvalue weighted by molar-refractivity contribution is -0.142. The fourth-order valence-electron chi connectivity index (χ4n) is 1.54. The second-order valence-electron chi connectivity index (χ2n) is 5.65. The van der Waals surface area contributed by atoms with Crippen LogP contribution in [0.3, 0.4) is 0 Å². The SMILES string of the molecule is COCCC(NC(=O)CCCC(C)(C)C)C(=O)O. The van der Waals surface area contributed by atoms with E-state index < -0.39 is 12.0 Å². The zero-order valence-electron chi connectivity index (χ0n) is 11.8. The monoisotopic (exact) mass is 259 g/mol. The van der Waals surface area contributed by atoms with Gasteiger partial charge in [0.25, 0.3) is 0 Å². The molecule has 1 amide bonds. The molecular formula is C13H25NO4. The summed E-state index contributed by atoms with van der Waals surface area (Å²) in [4.78, 5) is 22.5. The molecule has 5 heteroatoms. The van der Waals surface area contributed by atoms with Gasteiger partial charge in [-0.2, -0.15) is 0 Å².